The Hall–Kier alpha value is -2.35. The first-order valence-electron chi connectivity index (χ1n) is 7.59. The smallest absolute Gasteiger partial charge is 0.817 e. The van der Waals surface area contributed by atoms with Crippen molar-refractivity contribution in [2.24, 2.45) is 0 Å². The Morgan fingerprint density at radius 1 is 1.04 bits per heavy atom. The van der Waals surface area contributed by atoms with E-state index in [-0.39, 0.29) is 20.1 Å². The van der Waals surface area contributed by atoms with Gasteiger partial charge < -0.3 is 17.0 Å². The molecule has 1 heterocycles. The summed E-state index contributed by atoms with van der Waals surface area (Å²) in [5, 5.41) is 6.75. The van der Waals surface area contributed by atoms with Crippen molar-refractivity contribution in [3.8, 4) is 22.4 Å². The maximum absolute atomic E-state index is 6.75. The van der Waals surface area contributed by atoms with Crippen LogP contribution in [0.5, 0.6) is 0 Å². The molecule has 0 unspecified atom stereocenters. The van der Waals surface area contributed by atoms with Crippen molar-refractivity contribution in [1.82, 2.24) is 4.98 Å². The number of rotatable bonds is 1. The summed E-state index contributed by atoms with van der Waals surface area (Å²) in [4.78, 5) is 4.41. The minimum atomic E-state index is 0. The topological polar surface area (TPSA) is 35.2 Å². The van der Waals surface area contributed by atoms with Crippen molar-refractivity contribution >= 4 is 6.72 Å². The van der Waals surface area contributed by atoms with Gasteiger partial charge in [0.2, 0.25) is 0 Å². The van der Waals surface area contributed by atoms with Crippen molar-refractivity contribution in [3.63, 3.8) is 0 Å². The number of hydrogen-bond acceptors (Lipinski definition) is 1. The van der Waals surface area contributed by atoms with E-state index >= 15 is 0 Å². The molecule has 2 aromatic carbocycles. The molecule has 3 heteroatoms. The summed E-state index contributed by atoms with van der Waals surface area (Å²) in [7, 11) is 0. The van der Waals surface area contributed by atoms with E-state index in [9.17, 15) is 0 Å². The Morgan fingerprint density at radius 2 is 1.76 bits per heavy atom. The van der Waals surface area contributed by atoms with Gasteiger partial charge in [-0.25, -0.2) is 6.72 Å². The van der Waals surface area contributed by atoms with Crippen LogP contribution in [0.3, 0.4) is 0 Å². The molecule has 0 radical (unpaired) electrons. The number of benzene rings is 2. The van der Waals surface area contributed by atoms with Gasteiger partial charge in [-0.15, -0.1) is 29.3 Å². The summed E-state index contributed by atoms with van der Waals surface area (Å²) in [6.45, 7) is 11.4. The average Bonchev–Trinajstić information content (AvgIpc) is 3.02. The van der Waals surface area contributed by atoms with Gasteiger partial charge in [-0.05, 0) is 30.7 Å². The van der Waals surface area contributed by atoms with Crippen LogP contribution in [0, 0.1) is 19.6 Å². The fourth-order valence-corrected chi connectivity index (χ4v) is 2.94. The third-order valence-corrected chi connectivity index (χ3v) is 3.91. The molecule has 4 rings (SSSR count). The second-order valence-corrected chi connectivity index (χ2v) is 5.34. The molecule has 0 saturated carbocycles. The molecule has 0 fully saturated rings. The first-order valence-corrected chi connectivity index (χ1v) is 7.59. The molecule has 0 spiro atoms. The van der Waals surface area contributed by atoms with Gasteiger partial charge in [0, 0.05) is 6.20 Å². The van der Waals surface area contributed by atoms with Gasteiger partial charge in [0.25, 0.3) is 0 Å². The fraction of sp³-hybridized carbons (Fsp3) is 0.0909. The van der Waals surface area contributed by atoms with E-state index in [0.717, 1.165) is 17.7 Å². The Kier molecular flexibility index (Phi) is 8.13. The molecule has 0 aliphatic heterocycles. The Balaban J connectivity index is 0.000000586. The van der Waals surface area contributed by atoms with E-state index in [1.807, 2.05) is 24.4 Å². The predicted molar refractivity (Wildman–Crippen MR) is 102 cm³/mol. The predicted octanol–water partition coefficient (Wildman–Crippen LogP) is 5.29. The van der Waals surface area contributed by atoms with Gasteiger partial charge in [0.1, 0.15) is 0 Å². The molecule has 1 aromatic heterocycles. The van der Waals surface area contributed by atoms with E-state index < -0.39 is 0 Å². The molecule has 0 saturated heterocycles. The third kappa shape index (κ3) is 4.39. The SMILES string of the molecule is C=[N-].Cc1ccc2c(c1)Cc1cc(-c3ccccn3)[c-]cc1-2.[CH-]=C.[Ir+3]. The van der Waals surface area contributed by atoms with Gasteiger partial charge in [-0.3, -0.25) is 6.58 Å². The Bertz CT molecular complexity index is 827. The number of aromatic nitrogens is 1. The molecule has 1 aliphatic carbocycles. The molecular weight excluding hydrogens is 484 g/mol. The van der Waals surface area contributed by atoms with E-state index in [1.54, 1.807) is 0 Å². The first kappa shape index (κ1) is 20.7. The number of hydrogen-bond donors (Lipinski definition) is 0. The van der Waals surface area contributed by atoms with Gasteiger partial charge in [-0.1, -0.05) is 47.0 Å². The van der Waals surface area contributed by atoms with Crippen molar-refractivity contribution < 1.29 is 20.1 Å². The quantitative estimate of drug-likeness (QED) is 0.257. The maximum Gasteiger partial charge on any atom is 3.00 e. The van der Waals surface area contributed by atoms with E-state index in [4.69, 9.17) is 5.41 Å². The summed E-state index contributed by atoms with van der Waals surface area (Å²) < 4.78 is 0. The molecule has 126 valence electrons. The summed E-state index contributed by atoms with van der Waals surface area (Å²) >= 11 is 0. The van der Waals surface area contributed by atoms with Crippen molar-refractivity contribution in [2.45, 2.75) is 13.3 Å². The van der Waals surface area contributed by atoms with Crippen LogP contribution in [-0.2, 0) is 26.5 Å². The second kappa shape index (κ2) is 9.83. The van der Waals surface area contributed by atoms with Gasteiger partial charge in [0.15, 0.2) is 0 Å². The zero-order chi connectivity index (χ0) is 17.5. The first-order chi connectivity index (χ1) is 11.8. The van der Waals surface area contributed by atoms with Crippen LogP contribution in [0.4, 0.5) is 0 Å². The molecule has 0 amide bonds. The minimum Gasteiger partial charge on any atom is -0.817 e. The molecule has 2 nitrogen and oxygen atoms in total. The van der Waals surface area contributed by atoms with Crippen LogP contribution < -0.4 is 0 Å². The number of aryl methyl sites for hydroxylation is 1. The second-order valence-electron chi connectivity index (χ2n) is 5.34. The summed E-state index contributed by atoms with van der Waals surface area (Å²) in [5.74, 6) is 0. The van der Waals surface area contributed by atoms with Crippen LogP contribution in [0.2, 0.25) is 0 Å². The number of pyridine rings is 1. The van der Waals surface area contributed by atoms with Crippen molar-refractivity contribution in [1.29, 1.82) is 0 Å². The van der Waals surface area contributed by atoms with Gasteiger partial charge in [-0.2, -0.15) is 0 Å². The zero-order valence-electron chi connectivity index (χ0n) is 14.1. The average molecular weight is 504 g/mol. The standard InChI is InChI=1S/C19H14N.C2H3.CH2N.Ir/c1-13-5-7-17-15(10-13)12-16-11-14(6-8-18(16)17)19-4-2-3-9-20-19;2*1-2;/h2-5,7-11H,12H2,1H3;1H,2H2;1H2;/q3*-1;+3. The van der Waals surface area contributed by atoms with E-state index in [1.165, 1.54) is 27.8 Å². The third-order valence-electron chi connectivity index (χ3n) is 3.91. The van der Waals surface area contributed by atoms with Crippen LogP contribution in [-0.4, -0.2) is 11.7 Å². The van der Waals surface area contributed by atoms with Crippen LogP contribution in [0.1, 0.15) is 16.7 Å². The van der Waals surface area contributed by atoms with E-state index in [0.29, 0.717) is 0 Å². The van der Waals surface area contributed by atoms with Crippen LogP contribution >= 0.6 is 0 Å². The molecule has 25 heavy (non-hydrogen) atoms. The fourth-order valence-electron chi connectivity index (χ4n) is 2.94. The molecule has 0 N–H and O–H groups in total. The number of nitrogens with zero attached hydrogens (tertiary/aromatic N) is 2. The summed E-state index contributed by atoms with van der Waals surface area (Å²) in [6, 6.07) is 20.4. The zero-order valence-corrected chi connectivity index (χ0v) is 16.5. The van der Waals surface area contributed by atoms with Crippen molar-refractivity contribution in [2.75, 3.05) is 0 Å². The number of fused-ring (bicyclic) bond motifs is 3. The molecule has 3 aromatic rings. The molecule has 1 aliphatic rings. The van der Waals surface area contributed by atoms with Crippen LogP contribution in [0.15, 0.2) is 61.3 Å². The molecule has 0 bridgehead atoms. The minimum absolute atomic E-state index is 0. The summed E-state index contributed by atoms with van der Waals surface area (Å²) in [6.07, 6.45) is 2.84. The van der Waals surface area contributed by atoms with Crippen molar-refractivity contribution in [3.05, 3.63) is 96.1 Å². The van der Waals surface area contributed by atoms with Gasteiger partial charge in [0.05, 0.1) is 0 Å². The Morgan fingerprint density at radius 3 is 2.44 bits per heavy atom. The van der Waals surface area contributed by atoms with Crippen LogP contribution in [0.25, 0.3) is 27.8 Å². The normalized spacial score (nSPS) is 9.96. The maximum atomic E-state index is 6.75. The largest absolute Gasteiger partial charge is 3.00 e. The molecular formula is C22H19IrN2. The molecule has 0 atom stereocenters. The van der Waals surface area contributed by atoms with Gasteiger partial charge >= 0.3 is 20.1 Å². The Labute approximate surface area is 163 Å². The monoisotopic (exact) mass is 504 g/mol. The summed E-state index contributed by atoms with van der Waals surface area (Å²) in [5.41, 5.74) is 8.87. The van der Waals surface area contributed by atoms with E-state index in [2.05, 4.69) is 68.2 Å².